The number of furan rings is 1. The highest BCUT2D eigenvalue weighted by atomic mass is 35.5. The van der Waals surface area contributed by atoms with Crippen LogP contribution in [0.3, 0.4) is 0 Å². The Hall–Kier alpha value is -2.36. The van der Waals surface area contributed by atoms with E-state index in [1.165, 1.54) is 31.2 Å². The highest BCUT2D eigenvalue weighted by Gasteiger charge is 2.38. The first kappa shape index (κ1) is 21.4. The van der Waals surface area contributed by atoms with E-state index in [0.29, 0.717) is 5.02 Å². The Labute approximate surface area is 176 Å². The molecule has 12 heteroatoms. The Kier molecular flexibility index (Phi) is 6.02. The number of anilines is 1. The van der Waals surface area contributed by atoms with Gasteiger partial charge in [0.05, 0.1) is 21.4 Å². The molecule has 0 aliphatic carbocycles. The average Bonchev–Trinajstić information content (AvgIpc) is 3.21. The van der Waals surface area contributed by atoms with Crippen molar-refractivity contribution in [1.82, 2.24) is 10.2 Å². The maximum Gasteiger partial charge on any atom is 0.437 e. The van der Waals surface area contributed by atoms with Crippen molar-refractivity contribution in [3.8, 4) is 5.75 Å². The second kappa shape index (κ2) is 8.17. The average molecular weight is 469 g/mol. The van der Waals surface area contributed by atoms with Gasteiger partial charge in [0.25, 0.3) is 5.91 Å². The molecular weight excluding hydrogens is 458 g/mol. The minimum atomic E-state index is -4.73. The molecule has 3 aromatic rings. The van der Waals surface area contributed by atoms with Gasteiger partial charge in [0.1, 0.15) is 12.4 Å². The summed E-state index contributed by atoms with van der Waals surface area (Å²) < 4.78 is 49.7. The molecule has 1 amide bonds. The van der Waals surface area contributed by atoms with Crippen molar-refractivity contribution < 1.29 is 27.1 Å². The molecule has 154 valence electrons. The number of benzene rings is 1. The zero-order valence-electron chi connectivity index (χ0n) is 14.5. The van der Waals surface area contributed by atoms with Crippen LogP contribution < -0.4 is 10.1 Å². The molecule has 2 heterocycles. The quantitative estimate of drug-likeness (QED) is 0.473. The third-order valence-electron chi connectivity index (χ3n) is 3.66. The first-order valence-corrected chi connectivity index (χ1v) is 8.99. The lowest BCUT2D eigenvalue weighted by Crippen LogP contribution is -2.16. The zero-order chi connectivity index (χ0) is 21.3. The van der Waals surface area contributed by atoms with Gasteiger partial charge in [0, 0.05) is 5.02 Å². The standard InChI is InChI=1S/C17H11Cl3F3N3O3/c1-7-13(15(26-25-7)17(21,22)23)24-16(27)12-3-2-9(29-12)6-28-14-10(19)4-8(18)5-11(14)20/h2-5H,6H2,1H3,(H,24,27)(H,25,26). The van der Waals surface area contributed by atoms with Gasteiger partial charge >= 0.3 is 6.18 Å². The molecule has 0 aliphatic heterocycles. The van der Waals surface area contributed by atoms with E-state index in [-0.39, 0.29) is 39.6 Å². The predicted molar refractivity (Wildman–Crippen MR) is 101 cm³/mol. The molecule has 0 saturated heterocycles. The number of rotatable bonds is 5. The fourth-order valence-corrected chi connectivity index (χ4v) is 3.28. The second-order valence-corrected chi connectivity index (χ2v) is 7.03. The van der Waals surface area contributed by atoms with Crippen molar-refractivity contribution in [3.05, 3.63) is 62.2 Å². The van der Waals surface area contributed by atoms with Crippen molar-refractivity contribution in [3.63, 3.8) is 0 Å². The topological polar surface area (TPSA) is 80.2 Å². The van der Waals surface area contributed by atoms with E-state index in [1.807, 2.05) is 0 Å². The number of H-pyrrole nitrogens is 1. The van der Waals surface area contributed by atoms with Gasteiger partial charge in [0.15, 0.2) is 17.2 Å². The molecule has 1 aromatic carbocycles. The molecular formula is C17H11Cl3F3N3O3. The normalized spacial score (nSPS) is 11.6. The first-order chi connectivity index (χ1) is 13.6. The minimum absolute atomic E-state index is 0.0489. The summed E-state index contributed by atoms with van der Waals surface area (Å²) in [5.41, 5.74) is -1.66. The summed E-state index contributed by atoms with van der Waals surface area (Å²) in [6.07, 6.45) is -4.73. The van der Waals surface area contributed by atoms with E-state index >= 15 is 0 Å². The number of amides is 1. The van der Waals surface area contributed by atoms with Gasteiger partial charge in [-0.05, 0) is 31.2 Å². The van der Waals surface area contributed by atoms with Gasteiger partial charge < -0.3 is 14.5 Å². The van der Waals surface area contributed by atoms with Gasteiger partial charge in [0.2, 0.25) is 0 Å². The van der Waals surface area contributed by atoms with Crippen LogP contribution in [0.2, 0.25) is 15.1 Å². The summed E-state index contributed by atoms with van der Waals surface area (Å²) in [6.45, 7) is 1.21. The molecule has 2 aromatic heterocycles. The molecule has 0 spiro atoms. The fourth-order valence-electron chi connectivity index (χ4n) is 2.35. The SMILES string of the molecule is Cc1[nH]nc(C(F)(F)F)c1NC(=O)c1ccc(COc2c(Cl)cc(Cl)cc2Cl)o1. The van der Waals surface area contributed by atoms with Crippen molar-refractivity contribution >= 4 is 46.4 Å². The number of nitrogens with zero attached hydrogens (tertiary/aromatic N) is 1. The van der Waals surface area contributed by atoms with Crippen LogP contribution in [-0.2, 0) is 12.8 Å². The number of ether oxygens (including phenoxy) is 1. The molecule has 3 rings (SSSR count). The van der Waals surface area contributed by atoms with Crippen LogP contribution >= 0.6 is 34.8 Å². The van der Waals surface area contributed by atoms with Crippen LogP contribution in [0.5, 0.6) is 5.75 Å². The lowest BCUT2D eigenvalue weighted by Gasteiger charge is -2.09. The maximum atomic E-state index is 13.0. The van der Waals surface area contributed by atoms with Crippen LogP contribution in [0.4, 0.5) is 18.9 Å². The third-order valence-corrected chi connectivity index (χ3v) is 4.44. The minimum Gasteiger partial charge on any atom is -0.483 e. The molecule has 0 saturated carbocycles. The van der Waals surface area contributed by atoms with E-state index in [2.05, 4.69) is 15.5 Å². The molecule has 2 N–H and O–H groups in total. The number of aryl methyl sites for hydroxylation is 1. The summed E-state index contributed by atoms with van der Waals surface area (Å²) in [6, 6.07) is 5.61. The number of carbonyl (C=O) groups is 1. The van der Waals surface area contributed by atoms with E-state index < -0.39 is 23.5 Å². The number of aromatic amines is 1. The number of nitrogens with one attached hydrogen (secondary N) is 2. The van der Waals surface area contributed by atoms with E-state index in [1.54, 1.807) is 0 Å². The van der Waals surface area contributed by atoms with Crippen LogP contribution in [-0.4, -0.2) is 16.1 Å². The first-order valence-electron chi connectivity index (χ1n) is 7.86. The number of hydrogen-bond donors (Lipinski definition) is 2. The summed E-state index contributed by atoms with van der Waals surface area (Å²) in [5.74, 6) is -0.708. The molecule has 0 radical (unpaired) electrons. The number of hydrogen-bond acceptors (Lipinski definition) is 4. The molecule has 6 nitrogen and oxygen atoms in total. The van der Waals surface area contributed by atoms with Gasteiger partial charge in [-0.1, -0.05) is 34.8 Å². The molecule has 0 bridgehead atoms. The van der Waals surface area contributed by atoms with E-state index in [9.17, 15) is 18.0 Å². The van der Waals surface area contributed by atoms with Crippen LogP contribution in [0.15, 0.2) is 28.7 Å². The Morgan fingerprint density at radius 3 is 2.52 bits per heavy atom. The van der Waals surface area contributed by atoms with Crippen LogP contribution in [0, 0.1) is 6.92 Å². The van der Waals surface area contributed by atoms with Gasteiger partial charge in [-0.25, -0.2) is 0 Å². The summed E-state index contributed by atoms with van der Waals surface area (Å²) in [7, 11) is 0. The lowest BCUT2D eigenvalue weighted by molar-refractivity contribution is -0.140. The van der Waals surface area contributed by atoms with Gasteiger partial charge in [-0.15, -0.1) is 0 Å². The summed E-state index contributed by atoms with van der Waals surface area (Å²) in [4.78, 5) is 12.3. The number of alkyl halides is 3. The van der Waals surface area contributed by atoms with Crippen molar-refractivity contribution in [2.45, 2.75) is 19.7 Å². The smallest absolute Gasteiger partial charge is 0.437 e. The van der Waals surface area contributed by atoms with Crippen molar-refractivity contribution in [2.24, 2.45) is 0 Å². The highest BCUT2D eigenvalue weighted by molar-refractivity contribution is 6.40. The Morgan fingerprint density at radius 1 is 1.24 bits per heavy atom. The zero-order valence-corrected chi connectivity index (χ0v) is 16.7. The number of carbonyl (C=O) groups excluding carboxylic acids is 1. The van der Waals surface area contributed by atoms with Crippen LogP contribution in [0.1, 0.15) is 27.7 Å². The third kappa shape index (κ3) is 4.80. The molecule has 29 heavy (non-hydrogen) atoms. The molecule has 0 atom stereocenters. The second-order valence-electron chi connectivity index (χ2n) is 5.78. The largest absolute Gasteiger partial charge is 0.483 e. The fraction of sp³-hybridized carbons (Fsp3) is 0.176. The summed E-state index contributed by atoms with van der Waals surface area (Å²) >= 11 is 17.8. The Balaban J connectivity index is 1.71. The number of halogens is 6. The van der Waals surface area contributed by atoms with Gasteiger partial charge in [-0.3, -0.25) is 9.89 Å². The lowest BCUT2D eigenvalue weighted by atomic mass is 10.2. The highest BCUT2D eigenvalue weighted by Crippen LogP contribution is 2.37. The summed E-state index contributed by atoms with van der Waals surface area (Å²) in [5, 5.41) is 8.21. The number of aromatic nitrogens is 2. The van der Waals surface area contributed by atoms with E-state index in [0.717, 1.165) is 0 Å². The monoisotopic (exact) mass is 467 g/mol. The van der Waals surface area contributed by atoms with Crippen molar-refractivity contribution in [1.29, 1.82) is 0 Å². The van der Waals surface area contributed by atoms with E-state index in [4.69, 9.17) is 44.0 Å². The Morgan fingerprint density at radius 2 is 1.90 bits per heavy atom. The van der Waals surface area contributed by atoms with Crippen molar-refractivity contribution in [2.75, 3.05) is 5.32 Å². The maximum absolute atomic E-state index is 13.0. The van der Waals surface area contributed by atoms with Crippen LogP contribution in [0.25, 0.3) is 0 Å². The molecule has 0 fully saturated rings. The predicted octanol–water partition coefficient (Wildman–Crippen LogP) is 6.12. The Bertz CT molecular complexity index is 1040. The van der Waals surface area contributed by atoms with Gasteiger partial charge in [-0.2, -0.15) is 18.3 Å². The molecule has 0 aliphatic rings. The molecule has 0 unspecified atom stereocenters.